The highest BCUT2D eigenvalue weighted by Crippen LogP contribution is 2.38. The Morgan fingerprint density at radius 1 is 1.21 bits per heavy atom. The average molecular weight is 412 g/mol. The number of halogens is 2. The molecule has 0 saturated heterocycles. The summed E-state index contributed by atoms with van der Waals surface area (Å²) in [6.07, 6.45) is 0. The van der Waals surface area contributed by atoms with Crippen LogP contribution < -0.4 is 20.1 Å². The van der Waals surface area contributed by atoms with Crippen LogP contribution in [0.3, 0.4) is 0 Å². The molecule has 1 aliphatic heterocycles. The van der Waals surface area contributed by atoms with Crippen molar-refractivity contribution >= 4 is 39.2 Å². The van der Waals surface area contributed by atoms with Gasteiger partial charge < -0.3 is 20.1 Å². The van der Waals surface area contributed by atoms with Crippen molar-refractivity contribution in [2.75, 3.05) is 18.5 Å². The van der Waals surface area contributed by atoms with Gasteiger partial charge in [0, 0.05) is 21.6 Å². The summed E-state index contributed by atoms with van der Waals surface area (Å²) >= 11 is 9.59. The van der Waals surface area contributed by atoms with Gasteiger partial charge in [-0.05, 0) is 34.5 Å². The summed E-state index contributed by atoms with van der Waals surface area (Å²) in [4.78, 5) is 12.3. The summed E-state index contributed by atoms with van der Waals surface area (Å²) in [7, 11) is 0. The molecule has 2 amide bonds. The van der Waals surface area contributed by atoms with Crippen LogP contribution in [-0.2, 0) is 0 Å². The number of hydrogen-bond donors (Lipinski definition) is 2. The Morgan fingerprint density at radius 2 is 1.88 bits per heavy atom. The predicted molar refractivity (Wildman–Crippen MR) is 97.2 cm³/mol. The van der Waals surface area contributed by atoms with Crippen molar-refractivity contribution in [3.05, 3.63) is 51.5 Å². The van der Waals surface area contributed by atoms with Gasteiger partial charge in [-0.15, -0.1) is 0 Å². The highest BCUT2D eigenvalue weighted by atomic mass is 79.9. The number of urea groups is 1. The van der Waals surface area contributed by atoms with Gasteiger partial charge in [0.1, 0.15) is 13.2 Å². The number of nitrogens with one attached hydrogen (secondary N) is 2. The molecule has 0 fully saturated rings. The van der Waals surface area contributed by atoms with Crippen molar-refractivity contribution in [3.8, 4) is 11.5 Å². The van der Waals surface area contributed by atoms with Crippen LogP contribution in [0.15, 0.2) is 40.9 Å². The zero-order chi connectivity index (χ0) is 17.1. The van der Waals surface area contributed by atoms with E-state index < -0.39 is 0 Å². The fourth-order valence-corrected chi connectivity index (χ4v) is 3.14. The standard InChI is InChI=1S/C17H16BrClN2O3/c1-10(11-4-2-3-5-13(11)19)20-17(22)21-14-9-16-15(8-12(14)18)23-6-7-24-16/h2-5,8-10H,6-7H2,1H3,(H2,20,21,22). The third-order valence-electron chi connectivity index (χ3n) is 3.60. The Kier molecular flexibility index (Phi) is 5.16. The number of carbonyl (C=O) groups excluding carboxylic acids is 1. The van der Waals surface area contributed by atoms with Crippen molar-refractivity contribution < 1.29 is 14.3 Å². The Bertz CT molecular complexity index is 769. The molecule has 0 radical (unpaired) electrons. The van der Waals surface area contributed by atoms with Crippen LogP contribution in [0, 0.1) is 0 Å². The number of hydrogen-bond acceptors (Lipinski definition) is 3. The number of carbonyl (C=O) groups is 1. The second-order valence-electron chi connectivity index (χ2n) is 5.32. The molecule has 0 aliphatic carbocycles. The van der Waals surface area contributed by atoms with Crippen molar-refractivity contribution in [3.63, 3.8) is 0 Å². The smallest absolute Gasteiger partial charge is 0.319 e. The number of anilines is 1. The zero-order valence-electron chi connectivity index (χ0n) is 12.9. The predicted octanol–water partition coefficient (Wildman–Crippen LogP) is 4.76. The van der Waals surface area contributed by atoms with Crippen LogP contribution in [0.25, 0.3) is 0 Å². The lowest BCUT2D eigenvalue weighted by molar-refractivity contribution is 0.171. The minimum absolute atomic E-state index is 0.227. The first-order valence-corrected chi connectivity index (χ1v) is 8.63. The lowest BCUT2D eigenvalue weighted by Gasteiger charge is -2.21. The first-order valence-electron chi connectivity index (χ1n) is 7.45. The van der Waals surface area contributed by atoms with Crippen LogP contribution in [0.2, 0.25) is 5.02 Å². The van der Waals surface area contributed by atoms with E-state index in [1.165, 1.54) is 0 Å². The van der Waals surface area contributed by atoms with E-state index in [1.807, 2.05) is 25.1 Å². The van der Waals surface area contributed by atoms with E-state index >= 15 is 0 Å². The molecule has 0 aromatic heterocycles. The van der Waals surface area contributed by atoms with Gasteiger partial charge in [-0.2, -0.15) is 0 Å². The SMILES string of the molecule is CC(NC(=O)Nc1cc2c(cc1Br)OCCO2)c1ccccc1Cl. The maximum absolute atomic E-state index is 12.3. The van der Waals surface area contributed by atoms with Gasteiger partial charge in [-0.25, -0.2) is 4.79 Å². The molecule has 5 nitrogen and oxygen atoms in total. The van der Waals surface area contributed by atoms with E-state index in [0.717, 1.165) is 5.56 Å². The summed E-state index contributed by atoms with van der Waals surface area (Å²) < 4.78 is 11.7. The van der Waals surface area contributed by atoms with Crippen LogP contribution in [0.5, 0.6) is 11.5 Å². The van der Waals surface area contributed by atoms with Gasteiger partial charge in [0.2, 0.25) is 0 Å². The van der Waals surface area contributed by atoms with Gasteiger partial charge in [-0.1, -0.05) is 29.8 Å². The number of ether oxygens (including phenoxy) is 2. The van der Waals surface area contributed by atoms with E-state index in [9.17, 15) is 4.79 Å². The van der Waals surface area contributed by atoms with Crippen LogP contribution in [-0.4, -0.2) is 19.2 Å². The van der Waals surface area contributed by atoms with Crippen molar-refractivity contribution in [1.29, 1.82) is 0 Å². The molecule has 2 aromatic rings. The zero-order valence-corrected chi connectivity index (χ0v) is 15.3. The molecule has 0 bridgehead atoms. The maximum atomic E-state index is 12.3. The van der Waals surface area contributed by atoms with Crippen LogP contribution in [0.4, 0.5) is 10.5 Å². The summed E-state index contributed by atoms with van der Waals surface area (Å²) in [5, 5.41) is 6.29. The number of fused-ring (bicyclic) bond motifs is 1. The fourth-order valence-electron chi connectivity index (χ4n) is 2.42. The highest BCUT2D eigenvalue weighted by Gasteiger charge is 2.17. The van der Waals surface area contributed by atoms with Crippen molar-refractivity contribution in [2.24, 2.45) is 0 Å². The molecule has 1 heterocycles. The molecule has 126 valence electrons. The summed E-state index contributed by atoms with van der Waals surface area (Å²) in [5.41, 5.74) is 1.46. The van der Waals surface area contributed by atoms with Crippen LogP contribution in [0.1, 0.15) is 18.5 Å². The normalized spacial score (nSPS) is 14.0. The number of rotatable bonds is 3. The first-order chi connectivity index (χ1) is 11.5. The van der Waals surface area contributed by atoms with E-state index in [1.54, 1.807) is 18.2 Å². The molecule has 1 atom stereocenters. The summed E-state index contributed by atoms with van der Waals surface area (Å²) in [5.74, 6) is 1.27. The van der Waals surface area contributed by atoms with Gasteiger partial charge in [0.25, 0.3) is 0 Å². The van der Waals surface area contributed by atoms with E-state index in [-0.39, 0.29) is 12.1 Å². The molecule has 2 aromatic carbocycles. The van der Waals surface area contributed by atoms with Gasteiger partial charge >= 0.3 is 6.03 Å². The molecule has 1 unspecified atom stereocenters. The monoisotopic (exact) mass is 410 g/mol. The highest BCUT2D eigenvalue weighted by molar-refractivity contribution is 9.10. The Hall–Kier alpha value is -1.92. The lowest BCUT2D eigenvalue weighted by Crippen LogP contribution is -2.31. The van der Waals surface area contributed by atoms with E-state index in [0.29, 0.717) is 39.9 Å². The molecular formula is C17H16BrClN2O3. The van der Waals surface area contributed by atoms with Crippen molar-refractivity contribution in [1.82, 2.24) is 5.32 Å². The van der Waals surface area contributed by atoms with Gasteiger partial charge in [0.15, 0.2) is 11.5 Å². The quantitative estimate of drug-likeness (QED) is 0.766. The molecule has 2 N–H and O–H groups in total. The van der Waals surface area contributed by atoms with E-state index in [4.69, 9.17) is 21.1 Å². The van der Waals surface area contributed by atoms with Gasteiger partial charge in [-0.3, -0.25) is 0 Å². The largest absolute Gasteiger partial charge is 0.486 e. The van der Waals surface area contributed by atoms with Crippen LogP contribution >= 0.6 is 27.5 Å². The molecule has 0 spiro atoms. The molecule has 7 heteroatoms. The topological polar surface area (TPSA) is 59.6 Å². The fraction of sp³-hybridized carbons (Fsp3) is 0.235. The minimum Gasteiger partial charge on any atom is -0.486 e. The molecule has 24 heavy (non-hydrogen) atoms. The summed E-state index contributed by atoms with van der Waals surface area (Å²) in [6, 6.07) is 10.4. The molecule has 1 aliphatic rings. The van der Waals surface area contributed by atoms with Gasteiger partial charge in [0.05, 0.1) is 11.7 Å². The number of benzene rings is 2. The molecule has 0 saturated carbocycles. The third-order valence-corrected chi connectivity index (χ3v) is 4.60. The Labute approximate surface area is 153 Å². The molecule has 3 rings (SSSR count). The lowest BCUT2D eigenvalue weighted by atomic mass is 10.1. The Balaban J connectivity index is 1.70. The number of amides is 2. The Morgan fingerprint density at radius 3 is 2.58 bits per heavy atom. The van der Waals surface area contributed by atoms with Crippen molar-refractivity contribution in [2.45, 2.75) is 13.0 Å². The molecular weight excluding hydrogens is 396 g/mol. The second kappa shape index (κ2) is 7.32. The maximum Gasteiger partial charge on any atom is 0.319 e. The first kappa shape index (κ1) is 16.9. The third kappa shape index (κ3) is 3.76. The minimum atomic E-state index is -0.334. The average Bonchev–Trinajstić information content (AvgIpc) is 2.55. The van der Waals surface area contributed by atoms with E-state index in [2.05, 4.69) is 26.6 Å². The summed E-state index contributed by atoms with van der Waals surface area (Å²) in [6.45, 7) is 2.88. The second-order valence-corrected chi connectivity index (χ2v) is 6.58.